The van der Waals surface area contributed by atoms with Gasteiger partial charge in [-0.05, 0) is 29.6 Å². The lowest BCUT2D eigenvalue weighted by molar-refractivity contribution is 0.0778. The Morgan fingerprint density at radius 3 is 1.74 bits per heavy atom. The fourth-order valence-electron chi connectivity index (χ4n) is 4.04. The van der Waals surface area contributed by atoms with Gasteiger partial charge in [0.1, 0.15) is 0 Å². The van der Waals surface area contributed by atoms with Crippen LogP contribution in [0.25, 0.3) is 0 Å². The van der Waals surface area contributed by atoms with Crippen molar-refractivity contribution >= 4 is 0 Å². The maximum atomic E-state index is 2.55. The van der Waals surface area contributed by atoms with E-state index in [1.807, 2.05) is 0 Å². The third kappa shape index (κ3) is 5.48. The molecule has 0 spiro atoms. The van der Waals surface area contributed by atoms with E-state index >= 15 is 0 Å². The fourth-order valence-corrected chi connectivity index (χ4v) is 4.04. The van der Waals surface area contributed by atoms with Crippen molar-refractivity contribution in [1.82, 2.24) is 0 Å². The molecule has 0 saturated heterocycles. The molecule has 3 atom stereocenters. The van der Waals surface area contributed by atoms with E-state index < -0.39 is 0 Å². The lowest BCUT2D eigenvalue weighted by Crippen LogP contribution is -2.33. The lowest BCUT2D eigenvalue weighted by atomic mass is 9.63. The molecule has 3 unspecified atom stereocenters. The average Bonchev–Trinajstić information content (AvgIpc) is 2.43. The van der Waals surface area contributed by atoms with Crippen LogP contribution < -0.4 is 0 Å². The third-order valence-corrected chi connectivity index (χ3v) is 6.09. The Morgan fingerprint density at radius 2 is 1.37 bits per heavy atom. The largest absolute Gasteiger partial charge is 0.0654 e. The molecule has 0 aliphatic rings. The van der Waals surface area contributed by atoms with Crippen LogP contribution in [0.5, 0.6) is 0 Å². The van der Waals surface area contributed by atoms with E-state index in [1.165, 1.54) is 51.4 Å². The van der Waals surface area contributed by atoms with Gasteiger partial charge in [0.25, 0.3) is 0 Å². The molecule has 0 saturated carbocycles. The van der Waals surface area contributed by atoms with Gasteiger partial charge in [-0.15, -0.1) is 0 Å². The van der Waals surface area contributed by atoms with Gasteiger partial charge in [-0.2, -0.15) is 0 Å². The fraction of sp³-hybridized carbons (Fsp3) is 1.00. The van der Waals surface area contributed by atoms with Gasteiger partial charge >= 0.3 is 0 Å². The second-order valence-electron chi connectivity index (χ2n) is 6.91. The van der Waals surface area contributed by atoms with Gasteiger partial charge in [-0.25, -0.2) is 0 Å². The first-order chi connectivity index (χ1) is 8.99. The number of rotatable bonds is 11. The monoisotopic (exact) mass is 268 g/mol. The first-order valence-electron chi connectivity index (χ1n) is 8.99. The summed E-state index contributed by atoms with van der Waals surface area (Å²) in [5.41, 5.74) is 0.550. The molecule has 0 amide bonds. The average molecular weight is 269 g/mol. The van der Waals surface area contributed by atoms with Crippen molar-refractivity contribution in [2.45, 2.75) is 99.8 Å². The second kappa shape index (κ2) is 9.83. The Labute approximate surface area is 123 Å². The third-order valence-electron chi connectivity index (χ3n) is 6.09. The summed E-state index contributed by atoms with van der Waals surface area (Å²) < 4.78 is 0. The zero-order valence-electron chi connectivity index (χ0n) is 14.9. The number of hydrogen-bond donors (Lipinski definition) is 0. The van der Waals surface area contributed by atoms with Crippen molar-refractivity contribution in [1.29, 1.82) is 0 Å². The quantitative estimate of drug-likeness (QED) is 0.375. The zero-order chi connectivity index (χ0) is 14.9. The Kier molecular flexibility index (Phi) is 9.83. The first-order valence-corrected chi connectivity index (χ1v) is 8.99. The molecule has 0 nitrogen and oxygen atoms in total. The van der Waals surface area contributed by atoms with Crippen LogP contribution in [0.2, 0.25) is 0 Å². The lowest BCUT2D eigenvalue weighted by Gasteiger charge is -2.42. The molecule has 0 aromatic rings. The number of hydrogen-bond acceptors (Lipinski definition) is 0. The summed E-state index contributed by atoms with van der Waals surface area (Å²) in [6.07, 6.45) is 11.1. The summed E-state index contributed by atoms with van der Waals surface area (Å²) >= 11 is 0. The van der Waals surface area contributed by atoms with Gasteiger partial charge in [-0.3, -0.25) is 0 Å². The molecule has 19 heavy (non-hydrogen) atoms. The maximum absolute atomic E-state index is 2.55. The molecule has 0 N–H and O–H groups in total. The van der Waals surface area contributed by atoms with Gasteiger partial charge in [0.05, 0.1) is 0 Å². The summed E-state index contributed by atoms with van der Waals surface area (Å²) in [4.78, 5) is 0. The molecule has 0 radical (unpaired) electrons. The van der Waals surface area contributed by atoms with Crippen molar-refractivity contribution in [2.75, 3.05) is 0 Å². The van der Waals surface area contributed by atoms with Crippen molar-refractivity contribution in [3.8, 4) is 0 Å². The molecular formula is C19H40. The van der Waals surface area contributed by atoms with Gasteiger partial charge in [0.15, 0.2) is 0 Å². The van der Waals surface area contributed by atoms with Crippen molar-refractivity contribution in [3.63, 3.8) is 0 Å². The molecular weight excluding hydrogens is 228 g/mol. The van der Waals surface area contributed by atoms with Crippen LogP contribution in [0.1, 0.15) is 99.8 Å². The minimum absolute atomic E-state index is 0.550. The molecule has 116 valence electrons. The predicted molar refractivity (Wildman–Crippen MR) is 89.6 cm³/mol. The summed E-state index contributed by atoms with van der Waals surface area (Å²) in [5, 5.41) is 0. The molecule has 0 aromatic carbocycles. The van der Waals surface area contributed by atoms with E-state index in [-0.39, 0.29) is 0 Å². The summed E-state index contributed by atoms with van der Waals surface area (Å²) in [6, 6.07) is 0. The van der Waals surface area contributed by atoms with Crippen molar-refractivity contribution in [3.05, 3.63) is 0 Å². The van der Waals surface area contributed by atoms with Crippen molar-refractivity contribution < 1.29 is 0 Å². The Hall–Kier alpha value is 0. The second-order valence-corrected chi connectivity index (χ2v) is 6.91. The van der Waals surface area contributed by atoms with Crippen LogP contribution in [-0.2, 0) is 0 Å². The van der Waals surface area contributed by atoms with E-state index in [2.05, 4.69) is 48.5 Å². The molecule has 0 heterocycles. The van der Waals surface area contributed by atoms with E-state index in [0.717, 1.165) is 17.8 Å². The summed E-state index contributed by atoms with van der Waals surface area (Å²) in [6.45, 7) is 16.9. The Morgan fingerprint density at radius 1 is 0.789 bits per heavy atom. The van der Waals surface area contributed by atoms with Gasteiger partial charge < -0.3 is 0 Å². The topological polar surface area (TPSA) is 0 Å². The minimum Gasteiger partial charge on any atom is -0.0654 e. The van der Waals surface area contributed by atoms with Crippen LogP contribution in [0.4, 0.5) is 0 Å². The molecule has 0 heteroatoms. The standard InChI is InChI=1S/C19H40/c1-8-13-17(9-2)15-14-16(6)19(7,12-5)18(10-3)11-4/h16-18H,8-15H2,1-7H3. The van der Waals surface area contributed by atoms with Crippen molar-refractivity contribution in [2.24, 2.45) is 23.2 Å². The van der Waals surface area contributed by atoms with Crippen LogP contribution in [-0.4, -0.2) is 0 Å². The van der Waals surface area contributed by atoms with E-state index in [9.17, 15) is 0 Å². The highest BCUT2D eigenvalue weighted by Crippen LogP contribution is 2.44. The molecule has 0 aliphatic heterocycles. The van der Waals surface area contributed by atoms with Crippen LogP contribution in [0.3, 0.4) is 0 Å². The molecule has 0 fully saturated rings. The zero-order valence-corrected chi connectivity index (χ0v) is 14.9. The normalized spacial score (nSPS) is 18.3. The van der Waals surface area contributed by atoms with Gasteiger partial charge in [0, 0.05) is 0 Å². The smallest absolute Gasteiger partial charge is 0.0275 e. The summed E-state index contributed by atoms with van der Waals surface area (Å²) in [5.74, 6) is 2.74. The highest BCUT2D eigenvalue weighted by atomic mass is 14.4. The van der Waals surface area contributed by atoms with Crippen LogP contribution in [0.15, 0.2) is 0 Å². The molecule has 0 aliphatic carbocycles. The van der Waals surface area contributed by atoms with E-state index in [0.29, 0.717) is 5.41 Å². The molecule has 0 bridgehead atoms. The Balaban J connectivity index is 4.53. The highest BCUT2D eigenvalue weighted by Gasteiger charge is 2.35. The highest BCUT2D eigenvalue weighted by molar-refractivity contribution is 4.85. The van der Waals surface area contributed by atoms with E-state index in [4.69, 9.17) is 0 Å². The molecule has 0 rings (SSSR count). The molecule has 0 aromatic heterocycles. The van der Waals surface area contributed by atoms with Crippen LogP contribution in [0, 0.1) is 23.2 Å². The maximum Gasteiger partial charge on any atom is -0.0275 e. The first kappa shape index (κ1) is 19.0. The van der Waals surface area contributed by atoms with Crippen LogP contribution >= 0.6 is 0 Å². The Bertz CT molecular complexity index is 204. The van der Waals surface area contributed by atoms with E-state index in [1.54, 1.807) is 0 Å². The SMILES string of the molecule is CCCC(CC)CCC(C)C(C)(CC)C(CC)CC. The predicted octanol–water partition coefficient (Wildman–Crippen LogP) is 7.08. The van der Waals surface area contributed by atoms with Gasteiger partial charge in [0.2, 0.25) is 0 Å². The van der Waals surface area contributed by atoms with Gasteiger partial charge in [-0.1, -0.05) is 93.4 Å². The minimum atomic E-state index is 0.550. The summed E-state index contributed by atoms with van der Waals surface area (Å²) in [7, 11) is 0.